The zero-order valence-corrected chi connectivity index (χ0v) is 19.2. The number of hydrogen-bond acceptors (Lipinski definition) is 5. The molecule has 1 aromatic heterocycles. The Kier molecular flexibility index (Phi) is 7.10. The number of methoxy groups -OCH3 is 1. The zero-order valence-electron chi connectivity index (χ0n) is 17.6. The zero-order chi connectivity index (χ0) is 21.8. The molecule has 2 N–H and O–H groups in total. The van der Waals surface area contributed by atoms with Crippen LogP contribution in [0.5, 0.6) is 5.75 Å². The van der Waals surface area contributed by atoms with Crippen LogP contribution in [0.25, 0.3) is 0 Å². The van der Waals surface area contributed by atoms with Crippen LogP contribution in [-0.2, 0) is 15.4 Å². The van der Waals surface area contributed by atoms with Gasteiger partial charge < -0.3 is 10.1 Å². The molecular formula is C22H29N3O3S2. The van der Waals surface area contributed by atoms with Gasteiger partial charge in [-0.1, -0.05) is 31.1 Å². The van der Waals surface area contributed by atoms with Crippen molar-refractivity contribution in [2.45, 2.75) is 49.0 Å². The molecule has 1 fully saturated rings. The molecule has 1 heterocycles. The predicted molar refractivity (Wildman–Crippen MR) is 122 cm³/mol. The topological polar surface area (TPSA) is 80.3 Å². The Labute approximate surface area is 184 Å². The molecule has 0 spiro atoms. The minimum atomic E-state index is -3.68. The first-order valence-corrected chi connectivity index (χ1v) is 12.0. The van der Waals surface area contributed by atoms with E-state index in [9.17, 15) is 8.42 Å². The van der Waals surface area contributed by atoms with Gasteiger partial charge in [0.15, 0.2) is 0 Å². The molecule has 0 radical (unpaired) electrons. The van der Waals surface area contributed by atoms with E-state index in [2.05, 4.69) is 15.0 Å². The van der Waals surface area contributed by atoms with Crippen molar-refractivity contribution in [1.29, 1.82) is 0 Å². The van der Waals surface area contributed by atoms with Crippen LogP contribution in [0.1, 0.15) is 38.2 Å². The molecule has 8 heteroatoms. The average Bonchev–Trinajstić information content (AvgIpc) is 2.78. The van der Waals surface area contributed by atoms with Crippen molar-refractivity contribution in [3.8, 4) is 5.75 Å². The van der Waals surface area contributed by atoms with E-state index >= 15 is 0 Å². The lowest BCUT2D eigenvalue weighted by Gasteiger charge is -2.47. The first kappa shape index (κ1) is 22.7. The van der Waals surface area contributed by atoms with Gasteiger partial charge in [-0.25, -0.2) is 13.1 Å². The van der Waals surface area contributed by atoms with Crippen molar-refractivity contribution in [2.75, 3.05) is 14.2 Å². The summed E-state index contributed by atoms with van der Waals surface area (Å²) in [5.41, 5.74) is 0.572. The van der Waals surface area contributed by atoms with E-state index < -0.39 is 15.4 Å². The van der Waals surface area contributed by atoms with Gasteiger partial charge in [0.2, 0.25) is 10.0 Å². The summed E-state index contributed by atoms with van der Waals surface area (Å²) >= 11 is 5.80. The van der Waals surface area contributed by atoms with E-state index in [1.54, 1.807) is 37.6 Å². The van der Waals surface area contributed by atoms with Gasteiger partial charge in [-0.3, -0.25) is 4.98 Å². The lowest BCUT2D eigenvalue weighted by molar-refractivity contribution is 0.213. The Hall–Kier alpha value is -2.03. The molecule has 1 aliphatic rings. The maximum absolute atomic E-state index is 13.1. The molecule has 1 aromatic carbocycles. The summed E-state index contributed by atoms with van der Waals surface area (Å²) in [6, 6.07) is 10.0. The number of aromatic nitrogens is 1. The standard InChI is InChI=1S/C22H29N3O3S2/c1-16(25-30(26,27)19-11-9-18(28-3)10-12-19)20-8-4-5-13-22(20,21(29)23-2)17-7-6-14-24-15-17/h6-7,9-12,14-16,20,25H,4-5,8,13H2,1-3H3,(H,23,29)/t16?,20-,22-/m1/s1. The molecule has 0 bridgehead atoms. The van der Waals surface area contributed by atoms with Gasteiger partial charge in [-0.15, -0.1) is 0 Å². The maximum Gasteiger partial charge on any atom is 0.240 e. The number of pyridine rings is 1. The Balaban J connectivity index is 1.95. The fourth-order valence-corrected chi connectivity index (χ4v) is 6.30. The van der Waals surface area contributed by atoms with E-state index in [0.29, 0.717) is 5.75 Å². The Morgan fingerprint density at radius 1 is 1.27 bits per heavy atom. The molecule has 1 saturated carbocycles. The van der Waals surface area contributed by atoms with Gasteiger partial charge in [-0.2, -0.15) is 0 Å². The SMILES string of the molecule is CNC(=S)[C@@]1(c2cccnc2)CCCC[C@@H]1C(C)NS(=O)(=O)c1ccc(OC)cc1. The molecule has 1 unspecified atom stereocenters. The highest BCUT2D eigenvalue weighted by Gasteiger charge is 2.48. The third-order valence-corrected chi connectivity index (χ3v) is 8.24. The maximum atomic E-state index is 13.1. The summed E-state index contributed by atoms with van der Waals surface area (Å²) in [5, 5.41) is 3.18. The highest BCUT2D eigenvalue weighted by atomic mass is 32.2. The number of likely N-dealkylation sites (N-methyl/N-ethyl adjacent to an activating group) is 1. The van der Waals surface area contributed by atoms with Crippen LogP contribution < -0.4 is 14.8 Å². The van der Waals surface area contributed by atoms with Gasteiger partial charge in [0, 0.05) is 25.5 Å². The second-order valence-electron chi connectivity index (χ2n) is 7.73. The normalized spacial score (nSPS) is 22.8. The monoisotopic (exact) mass is 447 g/mol. The summed E-state index contributed by atoms with van der Waals surface area (Å²) < 4.78 is 34.2. The molecule has 6 nitrogen and oxygen atoms in total. The van der Waals surface area contributed by atoms with Gasteiger partial charge in [0.05, 0.1) is 22.4 Å². The minimum absolute atomic E-state index is 0.00317. The van der Waals surface area contributed by atoms with Crippen molar-refractivity contribution in [3.63, 3.8) is 0 Å². The van der Waals surface area contributed by atoms with Crippen LogP contribution >= 0.6 is 12.2 Å². The van der Waals surface area contributed by atoms with Gasteiger partial charge in [-0.05, 0) is 61.6 Å². The summed E-state index contributed by atoms with van der Waals surface area (Å²) in [5.74, 6) is 0.618. The van der Waals surface area contributed by atoms with Gasteiger partial charge >= 0.3 is 0 Å². The Morgan fingerprint density at radius 2 is 2.00 bits per heavy atom. The third kappa shape index (κ3) is 4.36. The van der Waals surface area contributed by atoms with Crippen molar-refractivity contribution < 1.29 is 13.2 Å². The van der Waals surface area contributed by atoms with E-state index in [1.165, 1.54) is 0 Å². The first-order chi connectivity index (χ1) is 14.3. The Morgan fingerprint density at radius 3 is 2.60 bits per heavy atom. The second-order valence-corrected chi connectivity index (χ2v) is 9.85. The minimum Gasteiger partial charge on any atom is -0.497 e. The quantitative estimate of drug-likeness (QED) is 0.633. The number of nitrogens with one attached hydrogen (secondary N) is 2. The van der Waals surface area contributed by atoms with Crippen molar-refractivity contribution in [1.82, 2.24) is 15.0 Å². The number of thiocarbonyl (C=S) groups is 1. The predicted octanol–water partition coefficient (Wildman–Crippen LogP) is 3.43. The van der Waals surface area contributed by atoms with Crippen molar-refractivity contribution in [2.24, 2.45) is 5.92 Å². The van der Waals surface area contributed by atoms with E-state index in [1.807, 2.05) is 32.3 Å². The molecule has 3 atom stereocenters. The lowest BCUT2D eigenvalue weighted by Crippen LogP contribution is -2.55. The summed E-state index contributed by atoms with van der Waals surface area (Å²) in [7, 11) is -0.301. The van der Waals surface area contributed by atoms with Crippen LogP contribution in [0.15, 0.2) is 53.7 Å². The largest absolute Gasteiger partial charge is 0.497 e. The van der Waals surface area contributed by atoms with Gasteiger partial charge in [0.1, 0.15) is 5.75 Å². The molecule has 0 aliphatic heterocycles. The van der Waals surface area contributed by atoms with Crippen LogP contribution in [0.3, 0.4) is 0 Å². The molecule has 162 valence electrons. The number of rotatable bonds is 7. The molecular weight excluding hydrogens is 418 g/mol. The fraction of sp³-hybridized carbons (Fsp3) is 0.455. The van der Waals surface area contributed by atoms with Crippen LogP contribution in [0.4, 0.5) is 0 Å². The molecule has 0 saturated heterocycles. The number of nitrogens with zero attached hydrogens (tertiary/aromatic N) is 1. The number of benzene rings is 1. The van der Waals surface area contributed by atoms with E-state index in [4.69, 9.17) is 17.0 Å². The Bertz CT molecular complexity index is 965. The lowest BCUT2D eigenvalue weighted by atomic mass is 9.60. The third-order valence-electron chi connectivity index (χ3n) is 6.09. The van der Waals surface area contributed by atoms with E-state index in [0.717, 1.165) is 36.2 Å². The molecule has 1 aliphatic carbocycles. The number of hydrogen-bond donors (Lipinski definition) is 2. The smallest absolute Gasteiger partial charge is 0.240 e. The van der Waals surface area contributed by atoms with Crippen molar-refractivity contribution >= 4 is 27.2 Å². The fourth-order valence-electron chi connectivity index (χ4n) is 4.65. The average molecular weight is 448 g/mol. The van der Waals surface area contributed by atoms with Crippen molar-refractivity contribution in [3.05, 3.63) is 54.4 Å². The second kappa shape index (κ2) is 9.41. The molecule has 2 aromatic rings. The highest BCUT2D eigenvalue weighted by molar-refractivity contribution is 7.89. The molecule has 0 amide bonds. The summed E-state index contributed by atoms with van der Waals surface area (Å²) in [6.07, 6.45) is 7.40. The summed E-state index contributed by atoms with van der Waals surface area (Å²) in [6.45, 7) is 1.93. The molecule has 30 heavy (non-hydrogen) atoms. The number of ether oxygens (including phenoxy) is 1. The number of sulfonamides is 1. The van der Waals surface area contributed by atoms with E-state index in [-0.39, 0.29) is 16.9 Å². The highest BCUT2D eigenvalue weighted by Crippen LogP contribution is 2.46. The van der Waals surface area contributed by atoms with Crippen LogP contribution in [0.2, 0.25) is 0 Å². The summed E-state index contributed by atoms with van der Waals surface area (Å²) in [4.78, 5) is 5.26. The first-order valence-electron chi connectivity index (χ1n) is 10.1. The van der Waals surface area contributed by atoms with Crippen LogP contribution in [0, 0.1) is 5.92 Å². The molecule has 3 rings (SSSR count). The van der Waals surface area contributed by atoms with Crippen LogP contribution in [-0.4, -0.2) is 38.6 Å². The van der Waals surface area contributed by atoms with Gasteiger partial charge in [0.25, 0.3) is 0 Å².